The summed E-state index contributed by atoms with van der Waals surface area (Å²) in [6.07, 6.45) is 0. The zero-order valence-electron chi connectivity index (χ0n) is 13.3. The molecule has 1 N–H and O–H groups in total. The molecule has 2 aromatic carbocycles. The summed E-state index contributed by atoms with van der Waals surface area (Å²) in [4.78, 5) is 21.7. The molecule has 0 bridgehead atoms. The number of nitrogens with zero attached hydrogens (tertiary/aromatic N) is 2. The average molecular weight is 402 g/mol. The molecule has 2 rings (SSSR count). The molecule has 0 spiro atoms. The van der Waals surface area contributed by atoms with Gasteiger partial charge in [-0.3, -0.25) is 14.9 Å². The fraction of sp³-hybridized carbons (Fsp3) is 0.133. The first-order valence-corrected chi connectivity index (χ1v) is 8.89. The Bertz CT molecular complexity index is 968. The van der Waals surface area contributed by atoms with E-state index in [0.29, 0.717) is 4.31 Å². The van der Waals surface area contributed by atoms with Gasteiger partial charge in [-0.25, -0.2) is 12.8 Å². The van der Waals surface area contributed by atoms with Crippen molar-refractivity contribution >= 4 is 38.9 Å². The molecule has 26 heavy (non-hydrogen) atoms. The van der Waals surface area contributed by atoms with Crippen LogP contribution in [0.4, 0.5) is 15.8 Å². The lowest BCUT2D eigenvalue weighted by atomic mass is 10.3. The SMILES string of the molecule is CN(CC(=O)Nc1cccc(F)c1)S(=O)(=O)c1ccc(Cl)c([N+](=O)[O-])c1. The van der Waals surface area contributed by atoms with Crippen molar-refractivity contribution < 1.29 is 22.5 Å². The first-order chi connectivity index (χ1) is 12.1. The molecule has 0 atom stereocenters. The van der Waals surface area contributed by atoms with Crippen molar-refractivity contribution in [2.75, 3.05) is 18.9 Å². The maximum Gasteiger partial charge on any atom is 0.289 e. The molecule has 0 fully saturated rings. The van der Waals surface area contributed by atoms with Gasteiger partial charge in [-0.2, -0.15) is 4.31 Å². The Morgan fingerprint density at radius 2 is 2.00 bits per heavy atom. The Labute approximate surface area is 153 Å². The molecule has 0 aliphatic carbocycles. The second-order valence-electron chi connectivity index (χ2n) is 5.19. The van der Waals surface area contributed by atoms with E-state index in [2.05, 4.69) is 5.32 Å². The highest BCUT2D eigenvalue weighted by atomic mass is 35.5. The number of hydrogen-bond donors (Lipinski definition) is 1. The molecule has 0 unspecified atom stereocenters. The molecule has 2 aromatic rings. The number of sulfonamides is 1. The van der Waals surface area contributed by atoms with Crippen LogP contribution >= 0.6 is 11.6 Å². The maximum absolute atomic E-state index is 13.1. The lowest BCUT2D eigenvalue weighted by Gasteiger charge is -2.17. The molecule has 0 aliphatic heterocycles. The van der Waals surface area contributed by atoms with Crippen LogP contribution in [0.3, 0.4) is 0 Å². The summed E-state index contributed by atoms with van der Waals surface area (Å²) in [7, 11) is -3.03. The highest BCUT2D eigenvalue weighted by Crippen LogP contribution is 2.28. The van der Waals surface area contributed by atoms with Crippen molar-refractivity contribution in [1.82, 2.24) is 4.31 Å². The number of nitrogens with one attached hydrogen (secondary N) is 1. The van der Waals surface area contributed by atoms with Crippen LogP contribution in [0.1, 0.15) is 0 Å². The predicted molar refractivity (Wildman–Crippen MR) is 93.0 cm³/mol. The summed E-state index contributed by atoms with van der Waals surface area (Å²) in [5.41, 5.74) is -0.395. The van der Waals surface area contributed by atoms with Crippen molar-refractivity contribution in [1.29, 1.82) is 0 Å². The summed E-state index contributed by atoms with van der Waals surface area (Å²) in [6, 6.07) is 8.11. The van der Waals surface area contributed by atoms with Crippen LogP contribution in [-0.4, -0.2) is 37.1 Å². The number of benzene rings is 2. The predicted octanol–water partition coefficient (Wildman–Crippen LogP) is 2.65. The van der Waals surface area contributed by atoms with E-state index in [0.717, 1.165) is 31.3 Å². The van der Waals surface area contributed by atoms with Crippen LogP contribution in [0, 0.1) is 15.9 Å². The third-order valence-corrected chi connectivity index (χ3v) is 5.42. The molecule has 8 nitrogen and oxygen atoms in total. The van der Waals surface area contributed by atoms with Crippen LogP contribution in [0.15, 0.2) is 47.4 Å². The van der Waals surface area contributed by atoms with Gasteiger partial charge >= 0.3 is 0 Å². The molecule has 0 heterocycles. The van der Waals surface area contributed by atoms with Crippen LogP contribution in [0.25, 0.3) is 0 Å². The van der Waals surface area contributed by atoms with Gasteiger partial charge in [0.25, 0.3) is 5.69 Å². The zero-order valence-corrected chi connectivity index (χ0v) is 14.9. The zero-order chi connectivity index (χ0) is 19.5. The minimum Gasteiger partial charge on any atom is -0.325 e. The second-order valence-corrected chi connectivity index (χ2v) is 7.64. The molecular formula is C15H13ClFN3O5S. The van der Waals surface area contributed by atoms with Gasteiger partial charge in [-0.15, -0.1) is 0 Å². The van der Waals surface area contributed by atoms with Crippen LogP contribution in [0.2, 0.25) is 5.02 Å². The van der Waals surface area contributed by atoms with Gasteiger partial charge < -0.3 is 5.32 Å². The number of carbonyl (C=O) groups is 1. The van der Waals surface area contributed by atoms with Gasteiger partial charge in [0.1, 0.15) is 10.8 Å². The Morgan fingerprint density at radius 3 is 2.62 bits per heavy atom. The van der Waals surface area contributed by atoms with Crippen LogP contribution in [-0.2, 0) is 14.8 Å². The quantitative estimate of drug-likeness (QED) is 0.591. The van der Waals surface area contributed by atoms with Crippen molar-refractivity contribution in [2.45, 2.75) is 4.90 Å². The number of anilines is 1. The highest BCUT2D eigenvalue weighted by Gasteiger charge is 2.26. The number of amides is 1. The summed E-state index contributed by atoms with van der Waals surface area (Å²) in [6.45, 7) is -0.574. The van der Waals surface area contributed by atoms with E-state index in [1.807, 2.05) is 0 Å². The molecule has 0 aromatic heterocycles. The van der Waals surface area contributed by atoms with E-state index in [4.69, 9.17) is 11.6 Å². The molecule has 0 radical (unpaired) electrons. The third kappa shape index (κ3) is 4.54. The molecule has 0 aliphatic rings. The van der Waals surface area contributed by atoms with Crippen molar-refractivity contribution in [3.05, 3.63) is 63.4 Å². The monoisotopic (exact) mass is 401 g/mol. The Hall–Kier alpha value is -2.56. The van der Waals surface area contributed by atoms with Gasteiger partial charge in [0.2, 0.25) is 15.9 Å². The number of hydrogen-bond acceptors (Lipinski definition) is 5. The standard InChI is InChI=1S/C15H13ClFN3O5S/c1-19(9-15(21)18-11-4-2-3-10(17)7-11)26(24,25)12-5-6-13(16)14(8-12)20(22)23/h2-8H,9H2,1H3,(H,18,21). The lowest BCUT2D eigenvalue weighted by Crippen LogP contribution is -2.35. The van der Waals surface area contributed by atoms with E-state index < -0.39 is 38.9 Å². The Kier molecular flexibility index (Phi) is 5.90. The molecule has 11 heteroatoms. The number of carbonyl (C=O) groups excluding carboxylic acids is 1. The first kappa shape index (κ1) is 19.8. The minimum absolute atomic E-state index is 0.169. The fourth-order valence-electron chi connectivity index (χ4n) is 2.03. The molecule has 1 amide bonds. The second kappa shape index (κ2) is 7.77. The maximum atomic E-state index is 13.1. The van der Waals surface area contributed by atoms with E-state index in [1.165, 1.54) is 18.2 Å². The third-order valence-electron chi connectivity index (χ3n) is 3.30. The summed E-state index contributed by atoms with van der Waals surface area (Å²) in [5.74, 6) is -1.26. The average Bonchev–Trinajstić information content (AvgIpc) is 2.54. The van der Waals surface area contributed by atoms with Crippen LogP contribution in [0.5, 0.6) is 0 Å². The fourth-order valence-corrected chi connectivity index (χ4v) is 3.36. The molecule has 138 valence electrons. The van der Waals surface area contributed by atoms with Gasteiger partial charge in [-0.1, -0.05) is 17.7 Å². The normalized spacial score (nSPS) is 11.4. The highest BCUT2D eigenvalue weighted by molar-refractivity contribution is 7.89. The number of halogens is 2. The van der Waals surface area contributed by atoms with Crippen molar-refractivity contribution in [3.63, 3.8) is 0 Å². The van der Waals surface area contributed by atoms with E-state index >= 15 is 0 Å². The number of likely N-dealkylation sites (N-methyl/N-ethyl adjacent to an activating group) is 1. The lowest BCUT2D eigenvalue weighted by molar-refractivity contribution is -0.384. The summed E-state index contributed by atoms with van der Waals surface area (Å²) in [5, 5.41) is 13.1. The number of rotatable bonds is 6. The van der Waals surface area contributed by atoms with Crippen molar-refractivity contribution in [2.24, 2.45) is 0 Å². The van der Waals surface area contributed by atoms with Crippen LogP contribution < -0.4 is 5.32 Å². The smallest absolute Gasteiger partial charge is 0.289 e. The van der Waals surface area contributed by atoms with E-state index in [1.54, 1.807) is 0 Å². The largest absolute Gasteiger partial charge is 0.325 e. The first-order valence-electron chi connectivity index (χ1n) is 7.07. The Balaban J connectivity index is 2.17. The molecule has 0 saturated heterocycles. The van der Waals surface area contributed by atoms with E-state index in [-0.39, 0.29) is 15.6 Å². The van der Waals surface area contributed by atoms with Gasteiger partial charge in [0.05, 0.1) is 16.4 Å². The van der Waals surface area contributed by atoms with Gasteiger partial charge in [-0.05, 0) is 30.3 Å². The van der Waals surface area contributed by atoms with Crippen molar-refractivity contribution in [3.8, 4) is 0 Å². The summed E-state index contributed by atoms with van der Waals surface area (Å²) >= 11 is 5.66. The molecule has 0 saturated carbocycles. The Morgan fingerprint density at radius 1 is 1.31 bits per heavy atom. The number of nitro groups is 1. The van der Waals surface area contributed by atoms with E-state index in [9.17, 15) is 27.7 Å². The van der Waals surface area contributed by atoms with Gasteiger partial charge in [0, 0.05) is 18.8 Å². The molecular weight excluding hydrogens is 389 g/mol. The summed E-state index contributed by atoms with van der Waals surface area (Å²) < 4.78 is 38.8. The van der Waals surface area contributed by atoms with Gasteiger partial charge in [0.15, 0.2) is 0 Å². The minimum atomic E-state index is -4.17. The topological polar surface area (TPSA) is 110 Å². The number of nitro benzene ring substituents is 1.